The molecule has 1 aliphatic heterocycles. The number of benzene rings is 2. The molecule has 2 N–H and O–H groups in total. The first-order chi connectivity index (χ1) is 16.8. The third-order valence-electron chi connectivity index (χ3n) is 5.13. The Bertz CT molecular complexity index is 1240. The highest BCUT2D eigenvalue weighted by atomic mass is 35.5. The molecule has 0 radical (unpaired) electrons. The number of ether oxygens (including phenoxy) is 2. The second-order valence-corrected chi connectivity index (χ2v) is 8.71. The van der Waals surface area contributed by atoms with Gasteiger partial charge in [-0.05, 0) is 35.9 Å². The Kier molecular flexibility index (Phi) is 8.52. The molecule has 180 valence electrons. The average molecular weight is 514 g/mol. The smallest absolute Gasteiger partial charge is 0.337 e. The van der Waals surface area contributed by atoms with Gasteiger partial charge >= 0.3 is 11.9 Å². The normalized spacial score (nSPS) is 17.1. The number of halogens is 1. The van der Waals surface area contributed by atoms with Crippen LogP contribution in [0, 0.1) is 17.2 Å². The molecule has 3 rings (SSSR count). The minimum absolute atomic E-state index is 0.0892. The molecule has 35 heavy (non-hydrogen) atoms. The number of methoxy groups -OCH3 is 2. The second kappa shape index (κ2) is 11.6. The highest BCUT2D eigenvalue weighted by molar-refractivity contribution is 8.03. The van der Waals surface area contributed by atoms with Crippen LogP contribution >= 0.6 is 23.4 Å². The molecule has 0 bridgehead atoms. The second-order valence-electron chi connectivity index (χ2n) is 7.28. The van der Waals surface area contributed by atoms with Crippen LogP contribution in [0.5, 0.6) is 0 Å². The summed E-state index contributed by atoms with van der Waals surface area (Å²) < 4.78 is 9.50. The number of hydrogen-bond donors (Lipinski definition) is 2. The number of anilines is 1. The van der Waals surface area contributed by atoms with Gasteiger partial charge in [0, 0.05) is 16.6 Å². The van der Waals surface area contributed by atoms with E-state index in [0.29, 0.717) is 16.3 Å². The Morgan fingerprint density at radius 1 is 1.14 bits per heavy atom. The maximum absolute atomic E-state index is 12.9. The molecule has 0 saturated heterocycles. The van der Waals surface area contributed by atoms with Crippen LogP contribution in [0.2, 0.25) is 5.02 Å². The minimum atomic E-state index is -1.33. The standard InChI is InChI=1S/C24H20ClN3O6S/c1-33-23(31)14-8-6-13(7-9-14)19-17(11-26)22(28-21(30)20(19)24(32)34-2)35-12-18(29)27-16-5-3-4-15(25)10-16/h3-10,19-20H,12H2,1-2H3,(H,27,29)(H,28,30)/t19-,20-/m1/s1. The predicted octanol–water partition coefficient (Wildman–Crippen LogP) is 3.24. The number of thioether (sulfide) groups is 1. The quantitative estimate of drug-likeness (QED) is 0.425. The van der Waals surface area contributed by atoms with Crippen molar-refractivity contribution in [3.05, 3.63) is 75.3 Å². The fourth-order valence-electron chi connectivity index (χ4n) is 3.53. The highest BCUT2D eigenvalue weighted by Crippen LogP contribution is 2.40. The van der Waals surface area contributed by atoms with Crippen LogP contribution in [0.25, 0.3) is 0 Å². The van der Waals surface area contributed by atoms with E-state index in [0.717, 1.165) is 18.9 Å². The number of carbonyl (C=O) groups is 4. The van der Waals surface area contributed by atoms with E-state index in [-0.39, 0.29) is 27.8 Å². The summed E-state index contributed by atoms with van der Waals surface area (Å²) in [7, 11) is 2.39. The zero-order valence-corrected chi connectivity index (χ0v) is 20.2. The number of hydrogen-bond acceptors (Lipinski definition) is 8. The summed E-state index contributed by atoms with van der Waals surface area (Å²) in [5.74, 6) is -4.86. The number of rotatable bonds is 7. The van der Waals surface area contributed by atoms with Crippen molar-refractivity contribution in [2.45, 2.75) is 5.92 Å². The van der Waals surface area contributed by atoms with Crippen molar-refractivity contribution in [2.24, 2.45) is 5.92 Å². The zero-order chi connectivity index (χ0) is 25.5. The lowest BCUT2D eigenvalue weighted by Gasteiger charge is -2.31. The van der Waals surface area contributed by atoms with Crippen LogP contribution in [0.15, 0.2) is 59.1 Å². The topological polar surface area (TPSA) is 135 Å². The fraction of sp³-hybridized carbons (Fsp3) is 0.208. The van der Waals surface area contributed by atoms with Crippen molar-refractivity contribution in [1.82, 2.24) is 5.32 Å². The third kappa shape index (κ3) is 6.01. The number of nitriles is 1. The number of nitrogens with one attached hydrogen (secondary N) is 2. The summed E-state index contributed by atoms with van der Waals surface area (Å²) in [5, 5.41) is 15.8. The lowest BCUT2D eigenvalue weighted by Crippen LogP contribution is -2.44. The van der Waals surface area contributed by atoms with Crippen LogP contribution in [0.4, 0.5) is 5.69 Å². The summed E-state index contributed by atoms with van der Waals surface area (Å²) in [4.78, 5) is 49.6. The zero-order valence-electron chi connectivity index (χ0n) is 18.7. The number of amides is 2. The number of esters is 2. The van der Waals surface area contributed by atoms with E-state index < -0.39 is 29.7 Å². The van der Waals surface area contributed by atoms with Gasteiger partial charge in [-0.15, -0.1) is 0 Å². The molecule has 2 aromatic carbocycles. The molecule has 11 heteroatoms. The van der Waals surface area contributed by atoms with Crippen LogP contribution in [-0.4, -0.2) is 43.7 Å². The molecule has 0 aliphatic carbocycles. The molecule has 0 fully saturated rings. The van der Waals surface area contributed by atoms with Crippen LogP contribution in [0.1, 0.15) is 21.8 Å². The van der Waals surface area contributed by atoms with Crippen molar-refractivity contribution in [2.75, 3.05) is 25.3 Å². The fourth-order valence-corrected chi connectivity index (χ4v) is 4.56. The van der Waals surface area contributed by atoms with E-state index >= 15 is 0 Å². The van der Waals surface area contributed by atoms with Gasteiger partial charge in [0.15, 0.2) is 0 Å². The van der Waals surface area contributed by atoms with E-state index in [1.807, 2.05) is 0 Å². The Labute approximate surface area is 210 Å². The van der Waals surface area contributed by atoms with E-state index in [1.165, 1.54) is 31.4 Å². The van der Waals surface area contributed by atoms with Gasteiger partial charge in [-0.2, -0.15) is 5.26 Å². The van der Waals surface area contributed by atoms with Crippen molar-refractivity contribution in [3.63, 3.8) is 0 Å². The first-order valence-electron chi connectivity index (χ1n) is 10.2. The molecular formula is C24H20ClN3O6S. The predicted molar refractivity (Wildman–Crippen MR) is 129 cm³/mol. The maximum atomic E-state index is 12.9. The lowest BCUT2D eigenvalue weighted by atomic mass is 9.78. The highest BCUT2D eigenvalue weighted by Gasteiger charge is 2.44. The summed E-state index contributed by atoms with van der Waals surface area (Å²) in [6.07, 6.45) is 0. The van der Waals surface area contributed by atoms with Crippen LogP contribution < -0.4 is 10.6 Å². The third-order valence-corrected chi connectivity index (χ3v) is 6.38. The first-order valence-corrected chi connectivity index (χ1v) is 11.5. The molecule has 0 saturated carbocycles. The summed E-state index contributed by atoms with van der Waals surface area (Å²) in [5.41, 5.74) is 1.30. The number of nitrogens with zero attached hydrogens (tertiary/aromatic N) is 1. The summed E-state index contributed by atoms with van der Waals surface area (Å²) >= 11 is 6.88. The lowest BCUT2D eigenvalue weighted by molar-refractivity contribution is -0.150. The van der Waals surface area contributed by atoms with Gasteiger partial charge in [0.05, 0.1) is 42.2 Å². The van der Waals surface area contributed by atoms with Gasteiger partial charge in [-0.3, -0.25) is 14.4 Å². The number of carbonyl (C=O) groups excluding carboxylic acids is 4. The Hall–Kier alpha value is -3.81. The van der Waals surface area contributed by atoms with Crippen LogP contribution in [0.3, 0.4) is 0 Å². The van der Waals surface area contributed by atoms with Gasteiger partial charge in [-0.25, -0.2) is 4.79 Å². The molecular weight excluding hydrogens is 494 g/mol. The van der Waals surface area contributed by atoms with Gasteiger partial charge < -0.3 is 20.1 Å². The van der Waals surface area contributed by atoms with Gasteiger partial charge in [0.1, 0.15) is 5.92 Å². The maximum Gasteiger partial charge on any atom is 0.337 e. The van der Waals surface area contributed by atoms with Crippen molar-refractivity contribution >= 4 is 52.8 Å². The van der Waals surface area contributed by atoms with Gasteiger partial charge in [0.25, 0.3) is 0 Å². The first kappa shape index (κ1) is 25.8. The molecule has 1 aliphatic rings. The summed E-state index contributed by atoms with van der Waals surface area (Å²) in [6, 6.07) is 14.7. The Morgan fingerprint density at radius 2 is 1.86 bits per heavy atom. The van der Waals surface area contributed by atoms with E-state index in [4.69, 9.17) is 21.1 Å². The molecule has 0 aromatic heterocycles. The van der Waals surface area contributed by atoms with Gasteiger partial charge in [-0.1, -0.05) is 41.6 Å². The van der Waals surface area contributed by atoms with Crippen molar-refractivity contribution in [1.29, 1.82) is 5.26 Å². The van der Waals surface area contributed by atoms with Crippen LogP contribution in [-0.2, 0) is 23.9 Å². The Morgan fingerprint density at radius 3 is 2.46 bits per heavy atom. The van der Waals surface area contributed by atoms with E-state index in [9.17, 15) is 24.4 Å². The molecule has 2 atom stereocenters. The molecule has 2 aromatic rings. The average Bonchev–Trinajstić information content (AvgIpc) is 2.86. The molecule has 1 heterocycles. The number of allylic oxidation sites excluding steroid dienone is 1. The molecule has 0 spiro atoms. The molecule has 0 unspecified atom stereocenters. The molecule has 9 nitrogen and oxygen atoms in total. The monoisotopic (exact) mass is 513 g/mol. The largest absolute Gasteiger partial charge is 0.468 e. The SMILES string of the molecule is COC(=O)c1ccc([C@@H]2C(C#N)=C(SCC(=O)Nc3cccc(Cl)c3)NC(=O)[C@@H]2C(=O)OC)cc1. The van der Waals surface area contributed by atoms with Crippen molar-refractivity contribution in [3.8, 4) is 6.07 Å². The van der Waals surface area contributed by atoms with E-state index in [2.05, 4.69) is 16.7 Å². The summed E-state index contributed by atoms with van der Waals surface area (Å²) in [6.45, 7) is 0. The van der Waals surface area contributed by atoms with E-state index in [1.54, 1.807) is 24.3 Å². The van der Waals surface area contributed by atoms with Crippen molar-refractivity contribution < 1.29 is 28.7 Å². The molecule has 2 amide bonds. The minimum Gasteiger partial charge on any atom is -0.468 e. The Balaban J connectivity index is 1.91. The van der Waals surface area contributed by atoms with Gasteiger partial charge in [0.2, 0.25) is 11.8 Å².